The van der Waals surface area contributed by atoms with Crippen LogP contribution in [0.5, 0.6) is 11.5 Å². The fraction of sp³-hybridized carbons (Fsp3) is 0.258. The predicted molar refractivity (Wildman–Crippen MR) is 153 cm³/mol. The van der Waals surface area contributed by atoms with E-state index < -0.39 is 12.0 Å². The summed E-state index contributed by atoms with van der Waals surface area (Å²) in [5.74, 6) is 0.587. The van der Waals surface area contributed by atoms with E-state index in [1.165, 1.54) is 11.3 Å². The summed E-state index contributed by atoms with van der Waals surface area (Å²) in [7, 11) is 1.56. The third kappa shape index (κ3) is 5.00. The van der Waals surface area contributed by atoms with Gasteiger partial charge in [0.25, 0.3) is 5.56 Å². The van der Waals surface area contributed by atoms with Gasteiger partial charge in [-0.2, -0.15) is 0 Å². The second kappa shape index (κ2) is 10.9. The molecule has 8 heteroatoms. The van der Waals surface area contributed by atoms with Gasteiger partial charge < -0.3 is 14.2 Å². The summed E-state index contributed by atoms with van der Waals surface area (Å²) in [4.78, 5) is 32.4. The van der Waals surface area contributed by atoms with Gasteiger partial charge in [-0.25, -0.2) is 9.79 Å². The van der Waals surface area contributed by atoms with Crippen LogP contribution in [-0.2, 0) is 9.53 Å². The minimum absolute atomic E-state index is 0.0475. The van der Waals surface area contributed by atoms with Gasteiger partial charge in [0.1, 0.15) is 0 Å². The van der Waals surface area contributed by atoms with E-state index in [1.807, 2.05) is 74.5 Å². The summed E-state index contributed by atoms with van der Waals surface area (Å²) in [6.45, 7) is 7.61. The van der Waals surface area contributed by atoms with Crippen molar-refractivity contribution in [3.63, 3.8) is 0 Å². The van der Waals surface area contributed by atoms with E-state index in [0.29, 0.717) is 37.7 Å². The van der Waals surface area contributed by atoms with E-state index in [4.69, 9.17) is 14.2 Å². The smallest absolute Gasteiger partial charge is 0.338 e. The monoisotopic (exact) mass is 542 g/mol. The fourth-order valence-corrected chi connectivity index (χ4v) is 5.87. The Labute approximate surface area is 230 Å². The summed E-state index contributed by atoms with van der Waals surface area (Å²) < 4.78 is 19.0. The molecule has 0 bridgehead atoms. The number of hydrogen-bond acceptors (Lipinski definition) is 7. The average Bonchev–Trinajstić information content (AvgIpc) is 3.22. The third-order valence-corrected chi connectivity index (χ3v) is 7.48. The van der Waals surface area contributed by atoms with Crippen molar-refractivity contribution >= 4 is 34.2 Å². The Morgan fingerprint density at radius 2 is 1.87 bits per heavy atom. The number of methoxy groups -OCH3 is 1. The first-order valence-corrected chi connectivity index (χ1v) is 13.7. The van der Waals surface area contributed by atoms with Crippen LogP contribution in [0.4, 0.5) is 0 Å². The van der Waals surface area contributed by atoms with Crippen molar-refractivity contribution in [3.8, 4) is 11.5 Å². The van der Waals surface area contributed by atoms with Gasteiger partial charge in [0.2, 0.25) is 0 Å². The van der Waals surface area contributed by atoms with Crippen molar-refractivity contribution in [1.82, 2.24) is 4.57 Å². The van der Waals surface area contributed by atoms with Crippen LogP contribution in [0.2, 0.25) is 0 Å². The van der Waals surface area contributed by atoms with Crippen LogP contribution >= 0.6 is 11.3 Å². The first-order chi connectivity index (χ1) is 18.8. The van der Waals surface area contributed by atoms with Gasteiger partial charge in [-0.1, -0.05) is 59.9 Å². The zero-order chi connectivity index (χ0) is 27.7. The Morgan fingerprint density at radius 3 is 2.62 bits per heavy atom. The van der Waals surface area contributed by atoms with Crippen molar-refractivity contribution in [2.45, 2.75) is 39.8 Å². The highest BCUT2D eigenvalue weighted by molar-refractivity contribution is 7.07. The summed E-state index contributed by atoms with van der Waals surface area (Å²) in [6, 6.07) is 18.8. The Balaban J connectivity index is 1.73. The highest BCUT2D eigenvalue weighted by Gasteiger charge is 2.34. The fourth-order valence-electron chi connectivity index (χ4n) is 4.83. The Kier molecular flexibility index (Phi) is 7.39. The second-order valence-corrected chi connectivity index (χ2v) is 10.5. The van der Waals surface area contributed by atoms with E-state index >= 15 is 0 Å². The van der Waals surface area contributed by atoms with E-state index in [1.54, 1.807) is 31.6 Å². The van der Waals surface area contributed by atoms with Crippen LogP contribution in [0.25, 0.3) is 16.8 Å². The van der Waals surface area contributed by atoms with Gasteiger partial charge in [0.15, 0.2) is 16.3 Å². The minimum atomic E-state index is -0.739. The SMILES string of the molecule is CCOC(=O)C1=C(C)N=c2s/c(=C/c3cccc4ccccc34)c(=O)n2[C@@H]1c1ccc(OC(C)C)c(OC)c1. The highest BCUT2D eigenvalue weighted by atomic mass is 32.1. The molecule has 0 saturated heterocycles. The molecule has 0 unspecified atom stereocenters. The number of aromatic nitrogens is 1. The van der Waals surface area contributed by atoms with Gasteiger partial charge in [-0.05, 0) is 67.8 Å². The molecule has 0 saturated carbocycles. The van der Waals surface area contributed by atoms with Gasteiger partial charge in [-0.3, -0.25) is 9.36 Å². The van der Waals surface area contributed by atoms with Crippen LogP contribution in [0.1, 0.15) is 44.9 Å². The second-order valence-electron chi connectivity index (χ2n) is 9.45. The minimum Gasteiger partial charge on any atom is -0.493 e. The Hall–Kier alpha value is -4.17. The lowest BCUT2D eigenvalue weighted by Gasteiger charge is -2.25. The van der Waals surface area contributed by atoms with Crippen molar-refractivity contribution < 1.29 is 19.0 Å². The molecule has 0 aliphatic carbocycles. The Morgan fingerprint density at radius 1 is 1.10 bits per heavy atom. The number of fused-ring (bicyclic) bond motifs is 2. The molecule has 0 amide bonds. The number of nitrogens with zero attached hydrogens (tertiary/aromatic N) is 2. The molecule has 0 spiro atoms. The number of benzene rings is 3. The molecule has 0 N–H and O–H groups in total. The maximum Gasteiger partial charge on any atom is 0.338 e. The lowest BCUT2D eigenvalue weighted by molar-refractivity contribution is -0.139. The van der Waals surface area contributed by atoms with E-state index in [-0.39, 0.29) is 18.3 Å². The molecule has 2 heterocycles. The number of allylic oxidation sites excluding steroid dienone is 1. The number of thiazole rings is 1. The third-order valence-electron chi connectivity index (χ3n) is 6.49. The van der Waals surface area contributed by atoms with Crippen molar-refractivity contribution in [2.75, 3.05) is 13.7 Å². The molecular weight excluding hydrogens is 512 g/mol. The van der Waals surface area contributed by atoms with Gasteiger partial charge >= 0.3 is 5.97 Å². The molecule has 1 aliphatic rings. The summed E-state index contributed by atoms with van der Waals surface area (Å²) >= 11 is 1.30. The average molecular weight is 543 g/mol. The maximum atomic E-state index is 14.0. The molecule has 3 aromatic carbocycles. The van der Waals surface area contributed by atoms with Gasteiger partial charge in [-0.15, -0.1) is 0 Å². The van der Waals surface area contributed by atoms with E-state index in [9.17, 15) is 9.59 Å². The lowest BCUT2D eigenvalue weighted by Crippen LogP contribution is -2.40. The molecule has 39 heavy (non-hydrogen) atoms. The molecule has 1 aliphatic heterocycles. The predicted octanol–water partition coefficient (Wildman–Crippen LogP) is 4.75. The summed E-state index contributed by atoms with van der Waals surface area (Å²) in [5, 5.41) is 2.14. The highest BCUT2D eigenvalue weighted by Crippen LogP contribution is 2.36. The quantitative estimate of drug-likeness (QED) is 0.315. The van der Waals surface area contributed by atoms with Crippen LogP contribution < -0.4 is 24.4 Å². The molecule has 7 nitrogen and oxygen atoms in total. The Bertz CT molecular complexity index is 1780. The molecule has 1 aromatic heterocycles. The topological polar surface area (TPSA) is 79.1 Å². The van der Waals surface area contributed by atoms with Crippen molar-refractivity contribution in [1.29, 1.82) is 0 Å². The molecule has 0 radical (unpaired) electrons. The van der Waals surface area contributed by atoms with E-state index in [2.05, 4.69) is 4.99 Å². The van der Waals surface area contributed by atoms with Crippen LogP contribution in [0, 0.1) is 0 Å². The molecule has 200 valence electrons. The number of hydrogen-bond donors (Lipinski definition) is 0. The van der Waals surface area contributed by atoms with Crippen LogP contribution in [0.15, 0.2) is 81.7 Å². The van der Waals surface area contributed by atoms with Crippen molar-refractivity contribution in [3.05, 3.63) is 103 Å². The number of esters is 1. The first kappa shape index (κ1) is 26.4. The summed E-state index contributed by atoms with van der Waals surface area (Å²) in [5.41, 5.74) is 2.23. The first-order valence-electron chi connectivity index (χ1n) is 12.8. The van der Waals surface area contributed by atoms with Gasteiger partial charge in [0, 0.05) is 0 Å². The molecular formula is C31H30N2O5S. The standard InChI is InChI=1S/C31H30N2O5S/c1-6-37-30(35)27-19(4)32-31-33(28(27)22-14-15-24(38-18(2)3)25(16-22)36-5)29(34)26(39-31)17-21-12-9-11-20-10-7-8-13-23(20)21/h7-18,28H,6H2,1-5H3/b26-17+/t28-/m1/s1. The number of carbonyl (C=O) groups is 1. The zero-order valence-corrected chi connectivity index (χ0v) is 23.4. The van der Waals surface area contributed by atoms with Crippen LogP contribution in [0.3, 0.4) is 0 Å². The number of ether oxygens (including phenoxy) is 3. The van der Waals surface area contributed by atoms with Gasteiger partial charge in [0.05, 0.1) is 41.7 Å². The zero-order valence-electron chi connectivity index (χ0n) is 22.6. The molecule has 0 fully saturated rings. The largest absolute Gasteiger partial charge is 0.493 e. The molecule has 5 rings (SSSR count). The molecule has 4 aromatic rings. The number of carbonyl (C=O) groups excluding carboxylic acids is 1. The molecule has 1 atom stereocenters. The number of rotatable bonds is 7. The lowest BCUT2D eigenvalue weighted by atomic mass is 9.95. The van der Waals surface area contributed by atoms with E-state index in [0.717, 1.165) is 16.3 Å². The van der Waals surface area contributed by atoms with Crippen molar-refractivity contribution in [2.24, 2.45) is 4.99 Å². The summed E-state index contributed by atoms with van der Waals surface area (Å²) in [6.07, 6.45) is 1.85. The van der Waals surface area contributed by atoms with Crippen LogP contribution in [-0.4, -0.2) is 30.4 Å². The maximum absolute atomic E-state index is 14.0. The normalized spacial score (nSPS) is 15.3.